The van der Waals surface area contributed by atoms with Crippen LogP contribution >= 0.6 is 11.6 Å². The smallest absolute Gasteiger partial charge is 0.271 e. The minimum absolute atomic E-state index is 0.000791. The van der Waals surface area contributed by atoms with Gasteiger partial charge in [-0.05, 0) is 45.9 Å². The van der Waals surface area contributed by atoms with Gasteiger partial charge in [-0.1, -0.05) is 23.7 Å². The zero-order valence-electron chi connectivity index (χ0n) is 13.0. The van der Waals surface area contributed by atoms with E-state index < -0.39 is 0 Å². The van der Waals surface area contributed by atoms with Crippen LogP contribution in [0.4, 0.5) is 0 Å². The van der Waals surface area contributed by atoms with Crippen LogP contribution in [0.15, 0.2) is 36.0 Å². The van der Waals surface area contributed by atoms with Crippen molar-refractivity contribution in [1.82, 2.24) is 10.9 Å². The maximum atomic E-state index is 12.1. The van der Waals surface area contributed by atoms with Crippen LogP contribution in [0.25, 0.3) is 0 Å². The summed E-state index contributed by atoms with van der Waals surface area (Å²) in [5.41, 5.74) is 7.35. The minimum atomic E-state index is -0.230. The Kier molecular flexibility index (Phi) is 4.30. The van der Waals surface area contributed by atoms with Crippen LogP contribution in [0, 0.1) is 0 Å². The highest BCUT2D eigenvalue weighted by atomic mass is 35.5. The molecule has 1 aliphatic heterocycles. The number of carbonyl (C=O) groups is 1. The molecular weight excluding hydrogens is 286 g/mol. The van der Waals surface area contributed by atoms with Gasteiger partial charge in [-0.25, -0.2) is 0 Å². The fourth-order valence-electron chi connectivity index (χ4n) is 3.02. The molecule has 0 aliphatic carbocycles. The van der Waals surface area contributed by atoms with Crippen LogP contribution in [0.3, 0.4) is 0 Å². The number of hydrogen-bond donors (Lipinski definition) is 3. The first kappa shape index (κ1) is 15.9. The summed E-state index contributed by atoms with van der Waals surface area (Å²) in [6.45, 7) is 8.70. The highest BCUT2D eigenvalue weighted by molar-refractivity contribution is 6.33. The number of quaternary nitrogens is 1. The van der Waals surface area contributed by atoms with Crippen LogP contribution in [0.1, 0.15) is 44.5 Å². The molecule has 0 unspecified atom stereocenters. The van der Waals surface area contributed by atoms with E-state index in [1.807, 2.05) is 0 Å². The average Bonchev–Trinajstić information content (AvgIpc) is 2.33. The standard InChI is InChI=1S/C16H22ClN3O/c1-15(2)9-11(10-16(3,4)20-15)18-19-14(21)12-7-5-6-8-13(12)17/h5-9,18,20H,10H2,1-4H3,(H,19,21)/p+1. The summed E-state index contributed by atoms with van der Waals surface area (Å²) in [7, 11) is 0. The van der Waals surface area contributed by atoms with E-state index in [-0.39, 0.29) is 17.0 Å². The molecule has 0 aromatic heterocycles. The normalized spacial score (nSPS) is 19.6. The minimum Gasteiger partial charge on any atom is -0.334 e. The van der Waals surface area contributed by atoms with Crippen LogP contribution in [-0.4, -0.2) is 17.0 Å². The van der Waals surface area contributed by atoms with Crippen molar-refractivity contribution in [2.24, 2.45) is 0 Å². The molecule has 0 fully saturated rings. The molecule has 4 N–H and O–H groups in total. The summed E-state index contributed by atoms with van der Waals surface area (Å²) in [6.07, 6.45) is 3.00. The third-order valence-corrected chi connectivity index (χ3v) is 3.74. The molecule has 1 aromatic rings. The van der Waals surface area contributed by atoms with E-state index in [2.05, 4.69) is 49.9 Å². The van der Waals surface area contributed by atoms with Crippen LogP contribution in [0.2, 0.25) is 5.02 Å². The molecule has 1 heterocycles. The third kappa shape index (κ3) is 4.22. The molecule has 21 heavy (non-hydrogen) atoms. The molecule has 1 aromatic carbocycles. The fourth-order valence-corrected chi connectivity index (χ4v) is 3.24. The van der Waals surface area contributed by atoms with Gasteiger partial charge >= 0.3 is 0 Å². The van der Waals surface area contributed by atoms with Crippen molar-refractivity contribution in [2.75, 3.05) is 0 Å². The van der Waals surface area contributed by atoms with Crippen molar-refractivity contribution in [1.29, 1.82) is 0 Å². The molecule has 0 bridgehead atoms. The van der Waals surface area contributed by atoms with Gasteiger partial charge in [-0.2, -0.15) is 0 Å². The average molecular weight is 309 g/mol. The lowest BCUT2D eigenvalue weighted by atomic mass is 9.86. The number of carbonyl (C=O) groups excluding carboxylic acids is 1. The summed E-state index contributed by atoms with van der Waals surface area (Å²) in [4.78, 5) is 12.1. The second-order valence-electron chi connectivity index (χ2n) is 6.86. The fraction of sp³-hybridized carbons (Fsp3) is 0.438. The highest BCUT2D eigenvalue weighted by Gasteiger charge is 2.36. The number of hydrazine groups is 1. The first-order valence-electron chi connectivity index (χ1n) is 7.08. The lowest BCUT2D eigenvalue weighted by Gasteiger charge is -2.37. The Hall–Kier alpha value is -1.52. The first-order chi connectivity index (χ1) is 9.69. The van der Waals surface area contributed by atoms with E-state index >= 15 is 0 Å². The molecule has 0 atom stereocenters. The van der Waals surface area contributed by atoms with Crippen molar-refractivity contribution < 1.29 is 10.1 Å². The van der Waals surface area contributed by atoms with Crippen molar-refractivity contribution in [3.8, 4) is 0 Å². The van der Waals surface area contributed by atoms with Gasteiger partial charge in [0.2, 0.25) is 0 Å². The number of rotatable bonds is 3. The van der Waals surface area contributed by atoms with Crippen LogP contribution in [-0.2, 0) is 0 Å². The summed E-state index contributed by atoms with van der Waals surface area (Å²) in [6, 6.07) is 7.01. The van der Waals surface area contributed by atoms with Gasteiger partial charge in [0.1, 0.15) is 5.54 Å². The molecule has 0 saturated carbocycles. The van der Waals surface area contributed by atoms with E-state index in [1.54, 1.807) is 24.3 Å². The van der Waals surface area contributed by atoms with Gasteiger partial charge in [0.15, 0.2) is 0 Å². The third-order valence-electron chi connectivity index (χ3n) is 3.41. The molecule has 0 saturated heterocycles. The van der Waals surface area contributed by atoms with Crippen molar-refractivity contribution in [3.05, 3.63) is 46.6 Å². The lowest BCUT2D eigenvalue weighted by Crippen LogP contribution is -3.04. The number of amides is 1. The van der Waals surface area contributed by atoms with Gasteiger partial charge in [-0.3, -0.25) is 10.2 Å². The molecule has 1 aliphatic rings. The van der Waals surface area contributed by atoms with E-state index in [4.69, 9.17) is 11.6 Å². The maximum Gasteiger partial charge on any atom is 0.271 e. The van der Waals surface area contributed by atoms with Crippen LogP contribution < -0.4 is 16.2 Å². The quantitative estimate of drug-likeness (QED) is 0.748. The summed E-state index contributed by atoms with van der Waals surface area (Å²) < 4.78 is 0. The molecule has 1 amide bonds. The number of nitrogens with two attached hydrogens (primary N) is 1. The SMILES string of the molecule is CC1(C)C=C(NNC(=O)c2ccccc2Cl)CC(C)(C)[NH2+]1. The summed E-state index contributed by atoms with van der Waals surface area (Å²) in [5.74, 6) is -0.230. The topological polar surface area (TPSA) is 57.7 Å². The Morgan fingerprint density at radius 3 is 2.52 bits per heavy atom. The number of benzene rings is 1. The number of halogens is 1. The summed E-state index contributed by atoms with van der Waals surface area (Å²) in [5, 5.41) is 2.78. The Balaban J connectivity index is 2.05. The van der Waals surface area contributed by atoms with E-state index in [1.165, 1.54) is 0 Å². The van der Waals surface area contributed by atoms with Crippen molar-refractivity contribution in [3.63, 3.8) is 0 Å². The van der Waals surface area contributed by atoms with Gasteiger partial charge < -0.3 is 10.7 Å². The highest BCUT2D eigenvalue weighted by Crippen LogP contribution is 2.19. The Morgan fingerprint density at radius 2 is 1.90 bits per heavy atom. The molecule has 0 radical (unpaired) electrons. The largest absolute Gasteiger partial charge is 0.334 e. The zero-order chi connectivity index (χ0) is 15.7. The molecule has 0 spiro atoms. The molecule has 4 nitrogen and oxygen atoms in total. The number of hydrogen-bond acceptors (Lipinski definition) is 2. The van der Waals surface area contributed by atoms with Crippen molar-refractivity contribution >= 4 is 17.5 Å². The molecular formula is C16H23ClN3O+. The Labute approximate surface area is 130 Å². The molecule has 114 valence electrons. The summed E-state index contributed by atoms with van der Waals surface area (Å²) >= 11 is 6.02. The zero-order valence-corrected chi connectivity index (χ0v) is 13.7. The lowest BCUT2D eigenvalue weighted by molar-refractivity contribution is -0.771. The predicted molar refractivity (Wildman–Crippen MR) is 84.8 cm³/mol. The first-order valence-corrected chi connectivity index (χ1v) is 7.46. The van der Waals surface area contributed by atoms with E-state index in [0.29, 0.717) is 10.6 Å². The van der Waals surface area contributed by atoms with Gasteiger partial charge in [0.25, 0.3) is 5.91 Å². The second kappa shape index (κ2) is 5.70. The Bertz CT molecular complexity index is 579. The van der Waals surface area contributed by atoms with Gasteiger partial charge in [0.05, 0.1) is 16.1 Å². The molecule has 5 heteroatoms. The van der Waals surface area contributed by atoms with E-state index in [9.17, 15) is 4.79 Å². The van der Waals surface area contributed by atoms with Gasteiger partial charge in [0, 0.05) is 12.1 Å². The van der Waals surface area contributed by atoms with Crippen molar-refractivity contribution in [2.45, 2.75) is 45.2 Å². The monoisotopic (exact) mass is 308 g/mol. The number of nitrogens with one attached hydrogen (secondary N) is 2. The van der Waals surface area contributed by atoms with Gasteiger partial charge in [-0.15, -0.1) is 0 Å². The predicted octanol–water partition coefficient (Wildman–Crippen LogP) is 1.98. The maximum absolute atomic E-state index is 12.1. The van der Waals surface area contributed by atoms with E-state index in [0.717, 1.165) is 12.1 Å². The second-order valence-corrected chi connectivity index (χ2v) is 7.27. The molecule has 2 rings (SSSR count). The van der Waals surface area contributed by atoms with Crippen LogP contribution in [0.5, 0.6) is 0 Å². The Morgan fingerprint density at radius 1 is 1.24 bits per heavy atom.